The molecule has 0 aliphatic carbocycles. The largest absolute Gasteiger partial charge is 0.480 e. The molecule has 6 heteroatoms. The van der Waals surface area contributed by atoms with Crippen molar-refractivity contribution in [3.63, 3.8) is 0 Å². The summed E-state index contributed by atoms with van der Waals surface area (Å²) in [7, 11) is 0. The first-order valence-electron chi connectivity index (χ1n) is 4.95. The Morgan fingerprint density at radius 3 is 2.71 bits per heavy atom. The van der Waals surface area contributed by atoms with Crippen molar-refractivity contribution in [3.05, 3.63) is 34.6 Å². The molecule has 0 aliphatic rings. The molecule has 1 amide bonds. The minimum atomic E-state index is -1.16. The van der Waals surface area contributed by atoms with Gasteiger partial charge in [-0.3, -0.25) is 4.79 Å². The lowest BCUT2D eigenvalue weighted by molar-refractivity contribution is -0.139. The number of hydrogen-bond donors (Lipinski definition) is 2. The average Bonchev–Trinajstić information content (AvgIpc) is 2.28. The van der Waals surface area contributed by atoms with Gasteiger partial charge in [0.25, 0.3) is 5.91 Å². The molecule has 0 saturated carbocycles. The number of aliphatic carboxylic acids is 1. The highest BCUT2D eigenvalue weighted by Gasteiger charge is 2.21. The Kier molecular flexibility index (Phi) is 4.45. The summed E-state index contributed by atoms with van der Waals surface area (Å²) in [5.74, 6) is -2.81. The molecule has 0 bridgehead atoms. The first-order valence-corrected chi connectivity index (χ1v) is 5.32. The van der Waals surface area contributed by atoms with Crippen molar-refractivity contribution in [2.45, 2.75) is 19.4 Å². The lowest BCUT2D eigenvalue weighted by Gasteiger charge is -2.12. The summed E-state index contributed by atoms with van der Waals surface area (Å²) in [5.41, 5.74) is -0.266. The van der Waals surface area contributed by atoms with E-state index in [1.807, 2.05) is 0 Å². The molecule has 92 valence electrons. The number of nitrogens with one attached hydrogen (secondary N) is 1. The first-order chi connectivity index (χ1) is 7.97. The monoisotopic (exact) mass is 259 g/mol. The van der Waals surface area contributed by atoms with Crippen molar-refractivity contribution in [3.8, 4) is 0 Å². The fourth-order valence-corrected chi connectivity index (χ4v) is 1.43. The van der Waals surface area contributed by atoms with E-state index in [4.69, 9.17) is 16.7 Å². The Morgan fingerprint density at radius 1 is 1.53 bits per heavy atom. The summed E-state index contributed by atoms with van der Waals surface area (Å²) < 4.78 is 13.5. The molecule has 0 heterocycles. The van der Waals surface area contributed by atoms with Crippen molar-refractivity contribution in [2.24, 2.45) is 0 Å². The summed E-state index contributed by atoms with van der Waals surface area (Å²) in [6.45, 7) is 1.60. The second-order valence-corrected chi connectivity index (χ2v) is 3.78. The molecule has 0 spiro atoms. The Balaban J connectivity index is 2.90. The molecule has 1 aromatic rings. The maximum atomic E-state index is 13.5. The van der Waals surface area contributed by atoms with E-state index < -0.39 is 23.7 Å². The number of halogens is 2. The van der Waals surface area contributed by atoms with Crippen LogP contribution in [0, 0.1) is 5.82 Å². The summed E-state index contributed by atoms with van der Waals surface area (Å²) in [6.07, 6.45) is 0.212. The zero-order valence-corrected chi connectivity index (χ0v) is 9.79. The lowest BCUT2D eigenvalue weighted by Crippen LogP contribution is -2.40. The van der Waals surface area contributed by atoms with Crippen LogP contribution >= 0.6 is 11.6 Å². The molecule has 0 saturated heterocycles. The standard InChI is InChI=1S/C11H11ClFNO3/c1-2-8(11(16)17)14-10(15)6-4-3-5-7(12)9(6)13/h3-5,8H,2H2,1H3,(H,14,15)(H,16,17)/t8-/m0/s1. The molecule has 0 unspecified atom stereocenters. The lowest BCUT2D eigenvalue weighted by atomic mass is 10.1. The molecular weight excluding hydrogens is 249 g/mol. The minimum Gasteiger partial charge on any atom is -0.480 e. The summed E-state index contributed by atoms with van der Waals surface area (Å²) >= 11 is 5.52. The van der Waals surface area contributed by atoms with E-state index in [1.54, 1.807) is 6.92 Å². The fraction of sp³-hybridized carbons (Fsp3) is 0.273. The zero-order chi connectivity index (χ0) is 13.0. The van der Waals surface area contributed by atoms with Crippen LogP contribution in [-0.2, 0) is 4.79 Å². The molecule has 1 aromatic carbocycles. The van der Waals surface area contributed by atoms with Gasteiger partial charge in [0.15, 0.2) is 5.82 Å². The van der Waals surface area contributed by atoms with E-state index in [9.17, 15) is 14.0 Å². The number of amides is 1. The van der Waals surface area contributed by atoms with Gasteiger partial charge in [0, 0.05) is 0 Å². The smallest absolute Gasteiger partial charge is 0.326 e. The summed E-state index contributed by atoms with van der Waals surface area (Å²) in [4.78, 5) is 22.3. The Morgan fingerprint density at radius 2 is 2.18 bits per heavy atom. The van der Waals surface area contributed by atoms with Crippen LogP contribution in [0.5, 0.6) is 0 Å². The zero-order valence-electron chi connectivity index (χ0n) is 9.04. The van der Waals surface area contributed by atoms with Gasteiger partial charge in [-0.15, -0.1) is 0 Å². The number of carbonyl (C=O) groups excluding carboxylic acids is 1. The molecule has 0 radical (unpaired) electrons. The molecule has 2 N–H and O–H groups in total. The maximum Gasteiger partial charge on any atom is 0.326 e. The summed E-state index contributed by atoms with van der Waals surface area (Å²) in [6, 6.07) is 2.93. The van der Waals surface area contributed by atoms with Crippen LogP contribution in [-0.4, -0.2) is 23.0 Å². The van der Waals surface area contributed by atoms with Crippen molar-refractivity contribution < 1.29 is 19.1 Å². The maximum absolute atomic E-state index is 13.5. The van der Waals surface area contributed by atoms with Crippen molar-refractivity contribution >= 4 is 23.5 Å². The van der Waals surface area contributed by atoms with Crippen LogP contribution in [0.3, 0.4) is 0 Å². The van der Waals surface area contributed by atoms with Gasteiger partial charge >= 0.3 is 5.97 Å². The van der Waals surface area contributed by atoms with Crippen LogP contribution in [0.2, 0.25) is 5.02 Å². The Labute approximate surface area is 102 Å². The van der Waals surface area contributed by atoms with E-state index in [-0.39, 0.29) is 17.0 Å². The van der Waals surface area contributed by atoms with Gasteiger partial charge in [-0.25, -0.2) is 9.18 Å². The second kappa shape index (κ2) is 5.63. The van der Waals surface area contributed by atoms with E-state index in [0.29, 0.717) is 0 Å². The van der Waals surface area contributed by atoms with Gasteiger partial charge in [0.1, 0.15) is 6.04 Å². The average molecular weight is 260 g/mol. The van der Waals surface area contributed by atoms with Crippen molar-refractivity contribution in [2.75, 3.05) is 0 Å². The third kappa shape index (κ3) is 3.17. The van der Waals surface area contributed by atoms with Crippen molar-refractivity contribution in [1.29, 1.82) is 0 Å². The van der Waals surface area contributed by atoms with Crippen LogP contribution in [0.4, 0.5) is 4.39 Å². The van der Waals surface area contributed by atoms with E-state index in [1.165, 1.54) is 18.2 Å². The van der Waals surface area contributed by atoms with E-state index >= 15 is 0 Å². The number of carboxylic acid groups (broad SMARTS) is 1. The molecule has 0 fully saturated rings. The number of carboxylic acids is 1. The Bertz CT molecular complexity index is 450. The van der Waals surface area contributed by atoms with Gasteiger partial charge in [-0.05, 0) is 18.6 Å². The van der Waals surface area contributed by atoms with Gasteiger partial charge in [0.2, 0.25) is 0 Å². The molecule has 0 aromatic heterocycles. The molecule has 0 aliphatic heterocycles. The highest BCUT2D eigenvalue weighted by atomic mass is 35.5. The molecule has 4 nitrogen and oxygen atoms in total. The fourth-order valence-electron chi connectivity index (χ4n) is 1.25. The quantitative estimate of drug-likeness (QED) is 0.870. The SMILES string of the molecule is CC[C@H](NC(=O)c1cccc(Cl)c1F)C(=O)O. The third-order valence-corrected chi connectivity index (χ3v) is 2.50. The normalized spacial score (nSPS) is 11.9. The van der Waals surface area contributed by atoms with Crippen LogP contribution in [0.1, 0.15) is 23.7 Å². The second-order valence-electron chi connectivity index (χ2n) is 3.37. The van der Waals surface area contributed by atoms with Crippen LogP contribution < -0.4 is 5.32 Å². The van der Waals surface area contributed by atoms with Gasteiger partial charge < -0.3 is 10.4 Å². The predicted molar refractivity (Wildman–Crippen MR) is 60.6 cm³/mol. The summed E-state index contributed by atoms with van der Waals surface area (Å²) in [5, 5.41) is 10.8. The third-order valence-electron chi connectivity index (χ3n) is 2.21. The van der Waals surface area contributed by atoms with E-state index in [2.05, 4.69) is 5.32 Å². The molecule has 1 atom stereocenters. The number of rotatable bonds is 4. The van der Waals surface area contributed by atoms with Gasteiger partial charge in [-0.2, -0.15) is 0 Å². The number of hydrogen-bond acceptors (Lipinski definition) is 2. The Hall–Kier alpha value is -1.62. The predicted octanol–water partition coefficient (Wildman–Crippen LogP) is 2.07. The van der Waals surface area contributed by atoms with Crippen molar-refractivity contribution in [1.82, 2.24) is 5.32 Å². The first kappa shape index (κ1) is 13.4. The highest BCUT2D eigenvalue weighted by Crippen LogP contribution is 2.17. The highest BCUT2D eigenvalue weighted by molar-refractivity contribution is 6.31. The molecule has 17 heavy (non-hydrogen) atoms. The van der Waals surface area contributed by atoms with E-state index in [0.717, 1.165) is 0 Å². The van der Waals surface area contributed by atoms with Gasteiger partial charge in [-0.1, -0.05) is 24.6 Å². The molecular formula is C11H11ClFNO3. The van der Waals surface area contributed by atoms with Crippen LogP contribution in [0.15, 0.2) is 18.2 Å². The number of benzene rings is 1. The van der Waals surface area contributed by atoms with Crippen LogP contribution in [0.25, 0.3) is 0 Å². The van der Waals surface area contributed by atoms with Gasteiger partial charge in [0.05, 0.1) is 10.6 Å². The molecule has 1 rings (SSSR count). The number of carbonyl (C=O) groups is 2. The topological polar surface area (TPSA) is 66.4 Å². The minimum absolute atomic E-state index is 0.180.